The van der Waals surface area contributed by atoms with Crippen molar-refractivity contribution in [3.05, 3.63) is 0 Å². The van der Waals surface area contributed by atoms with Crippen molar-refractivity contribution >= 4 is 6.09 Å². The van der Waals surface area contributed by atoms with E-state index >= 15 is 0 Å². The van der Waals surface area contributed by atoms with Gasteiger partial charge < -0.3 is 10.1 Å². The SMILES string of the molecule is CC(C)CCNC(=O)OCCF. The Morgan fingerprint density at radius 3 is 2.75 bits per heavy atom. The minimum atomic E-state index is -0.627. The van der Waals surface area contributed by atoms with Crippen molar-refractivity contribution < 1.29 is 13.9 Å². The summed E-state index contributed by atoms with van der Waals surface area (Å²) >= 11 is 0. The number of hydrogen-bond acceptors (Lipinski definition) is 2. The Morgan fingerprint density at radius 1 is 1.58 bits per heavy atom. The second-order valence-electron chi connectivity index (χ2n) is 2.93. The number of carbonyl (C=O) groups is 1. The summed E-state index contributed by atoms with van der Waals surface area (Å²) in [6, 6.07) is 0. The van der Waals surface area contributed by atoms with E-state index < -0.39 is 12.8 Å². The molecule has 0 heterocycles. The molecule has 0 rings (SSSR count). The van der Waals surface area contributed by atoms with Gasteiger partial charge in [-0.1, -0.05) is 13.8 Å². The Labute approximate surface area is 72.3 Å². The number of carbonyl (C=O) groups excluding carboxylic acids is 1. The number of halogens is 1. The maximum absolute atomic E-state index is 11.5. The molecule has 72 valence electrons. The maximum Gasteiger partial charge on any atom is 0.407 e. The first-order chi connectivity index (χ1) is 5.66. The zero-order valence-electron chi connectivity index (χ0n) is 7.60. The fourth-order valence-corrected chi connectivity index (χ4v) is 0.645. The van der Waals surface area contributed by atoms with E-state index in [-0.39, 0.29) is 6.61 Å². The smallest absolute Gasteiger partial charge is 0.407 e. The molecule has 1 amide bonds. The molecule has 0 fully saturated rings. The van der Waals surface area contributed by atoms with Crippen molar-refractivity contribution in [2.75, 3.05) is 19.8 Å². The molecule has 1 N–H and O–H groups in total. The number of hydrogen-bond donors (Lipinski definition) is 1. The lowest BCUT2D eigenvalue weighted by Crippen LogP contribution is -2.26. The Morgan fingerprint density at radius 2 is 2.25 bits per heavy atom. The number of nitrogens with one attached hydrogen (secondary N) is 1. The van der Waals surface area contributed by atoms with Crippen LogP contribution in [0.25, 0.3) is 0 Å². The summed E-state index contributed by atoms with van der Waals surface area (Å²) in [6.07, 6.45) is 0.373. The zero-order chi connectivity index (χ0) is 9.40. The zero-order valence-corrected chi connectivity index (χ0v) is 7.60. The van der Waals surface area contributed by atoms with Crippen molar-refractivity contribution in [2.45, 2.75) is 20.3 Å². The minimum Gasteiger partial charge on any atom is -0.447 e. The molecule has 0 aromatic carbocycles. The van der Waals surface area contributed by atoms with E-state index in [1.54, 1.807) is 0 Å². The number of alkyl carbamates (subject to hydrolysis) is 1. The fourth-order valence-electron chi connectivity index (χ4n) is 0.645. The Kier molecular flexibility index (Phi) is 6.42. The molecule has 0 bridgehead atoms. The standard InChI is InChI=1S/C8H16FNO2/c1-7(2)3-5-10-8(11)12-6-4-9/h7H,3-6H2,1-2H3,(H,10,11). The van der Waals surface area contributed by atoms with Crippen LogP contribution in [0.2, 0.25) is 0 Å². The normalized spacial score (nSPS) is 10.0. The Hall–Kier alpha value is -0.800. The molecule has 0 saturated carbocycles. The highest BCUT2D eigenvalue weighted by molar-refractivity contribution is 5.66. The maximum atomic E-state index is 11.5. The average molecular weight is 177 g/mol. The molecule has 0 aromatic heterocycles. The number of rotatable bonds is 5. The second-order valence-corrected chi connectivity index (χ2v) is 2.93. The first-order valence-corrected chi connectivity index (χ1v) is 4.13. The third-order valence-corrected chi connectivity index (χ3v) is 1.30. The molecule has 12 heavy (non-hydrogen) atoms. The van der Waals surface area contributed by atoms with Gasteiger partial charge >= 0.3 is 6.09 Å². The van der Waals surface area contributed by atoms with Crippen molar-refractivity contribution in [2.24, 2.45) is 5.92 Å². The number of ether oxygens (including phenoxy) is 1. The summed E-state index contributed by atoms with van der Waals surface area (Å²) in [7, 11) is 0. The molecule has 0 aromatic rings. The molecular weight excluding hydrogens is 161 g/mol. The quantitative estimate of drug-likeness (QED) is 0.694. The van der Waals surface area contributed by atoms with E-state index in [1.807, 2.05) is 0 Å². The van der Waals surface area contributed by atoms with Gasteiger partial charge in [-0.05, 0) is 12.3 Å². The fraction of sp³-hybridized carbons (Fsp3) is 0.875. The van der Waals surface area contributed by atoms with E-state index in [1.165, 1.54) is 0 Å². The predicted molar refractivity (Wildman–Crippen MR) is 44.8 cm³/mol. The van der Waals surface area contributed by atoms with Crippen LogP contribution in [-0.2, 0) is 4.74 Å². The molecule has 0 unspecified atom stereocenters. The summed E-state index contributed by atoms with van der Waals surface area (Å²) < 4.78 is 15.9. The minimum absolute atomic E-state index is 0.159. The van der Waals surface area contributed by atoms with Gasteiger partial charge in [0.15, 0.2) is 0 Å². The molecule has 0 aliphatic heterocycles. The topological polar surface area (TPSA) is 38.3 Å². The lowest BCUT2D eigenvalue weighted by Gasteiger charge is -2.06. The highest BCUT2D eigenvalue weighted by Gasteiger charge is 2.00. The van der Waals surface area contributed by atoms with Gasteiger partial charge in [-0.3, -0.25) is 0 Å². The third kappa shape index (κ3) is 7.31. The van der Waals surface area contributed by atoms with E-state index in [0.29, 0.717) is 12.5 Å². The van der Waals surface area contributed by atoms with Crippen LogP contribution in [0.3, 0.4) is 0 Å². The lowest BCUT2D eigenvalue weighted by molar-refractivity contribution is 0.137. The van der Waals surface area contributed by atoms with Gasteiger partial charge in [0.05, 0.1) is 0 Å². The Balaban J connectivity index is 3.20. The lowest BCUT2D eigenvalue weighted by atomic mass is 10.1. The molecule has 0 radical (unpaired) electrons. The van der Waals surface area contributed by atoms with Crippen molar-refractivity contribution in [1.82, 2.24) is 5.32 Å². The summed E-state index contributed by atoms with van der Waals surface area (Å²) in [5.41, 5.74) is 0. The van der Waals surface area contributed by atoms with Gasteiger partial charge in [0.1, 0.15) is 13.3 Å². The van der Waals surface area contributed by atoms with Crippen LogP contribution in [-0.4, -0.2) is 25.9 Å². The number of alkyl halides is 1. The third-order valence-electron chi connectivity index (χ3n) is 1.30. The molecule has 4 heteroatoms. The first-order valence-electron chi connectivity index (χ1n) is 4.13. The van der Waals surface area contributed by atoms with Crippen LogP contribution in [0.4, 0.5) is 9.18 Å². The van der Waals surface area contributed by atoms with Crippen LogP contribution in [0.5, 0.6) is 0 Å². The molecule has 0 aliphatic carbocycles. The molecule has 0 aliphatic rings. The van der Waals surface area contributed by atoms with Crippen LogP contribution in [0.15, 0.2) is 0 Å². The molecular formula is C8H16FNO2. The summed E-state index contributed by atoms with van der Waals surface area (Å²) in [5.74, 6) is 0.548. The second kappa shape index (κ2) is 6.88. The van der Waals surface area contributed by atoms with E-state index in [4.69, 9.17) is 0 Å². The van der Waals surface area contributed by atoms with Gasteiger partial charge in [0, 0.05) is 6.54 Å². The summed E-state index contributed by atoms with van der Waals surface area (Å²) in [5, 5.41) is 2.52. The highest BCUT2D eigenvalue weighted by atomic mass is 19.1. The monoisotopic (exact) mass is 177 g/mol. The molecule has 0 spiro atoms. The van der Waals surface area contributed by atoms with Crippen LogP contribution >= 0.6 is 0 Å². The highest BCUT2D eigenvalue weighted by Crippen LogP contribution is 1.96. The Bertz CT molecular complexity index is 128. The average Bonchev–Trinajstić information content (AvgIpc) is 2.00. The summed E-state index contributed by atoms with van der Waals surface area (Å²) in [6.45, 7) is 3.93. The molecule has 3 nitrogen and oxygen atoms in total. The van der Waals surface area contributed by atoms with E-state index in [0.717, 1.165) is 6.42 Å². The van der Waals surface area contributed by atoms with Crippen LogP contribution < -0.4 is 5.32 Å². The van der Waals surface area contributed by atoms with Crippen molar-refractivity contribution in [1.29, 1.82) is 0 Å². The van der Waals surface area contributed by atoms with E-state index in [2.05, 4.69) is 23.9 Å². The van der Waals surface area contributed by atoms with E-state index in [9.17, 15) is 9.18 Å². The molecule has 0 atom stereocenters. The van der Waals surface area contributed by atoms with Crippen LogP contribution in [0.1, 0.15) is 20.3 Å². The van der Waals surface area contributed by atoms with Gasteiger partial charge in [-0.25, -0.2) is 9.18 Å². The van der Waals surface area contributed by atoms with Crippen LogP contribution in [0, 0.1) is 5.92 Å². The number of amides is 1. The van der Waals surface area contributed by atoms with Crippen molar-refractivity contribution in [3.8, 4) is 0 Å². The van der Waals surface area contributed by atoms with Gasteiger partial charge in [-0.2, -0.15) is 0 Å². The van der Waals surface area contributed by atoms with Gasteiger partial charge in [0.25, 0.3) is 0 Å². The summed E-state index contributed by atoms with van der Waals surface area (Å²) in [4.78, 5) is 10.7. The largest absolute Gasteiger partial charge is 0.447 e. The van der Waals surface area contributed by atoms with Gasteiger partial charge in [-0.15, -0.1) is 0 Å². The molecule has 0 saturated heterocycles. The van der Waals surface area contributed by atoms with Crippen molar-refractivity contribution in [3.63, 3.8) is 0 Å². The predicted octanol–water partition coefficient (Wildman–Crippen LogP) is 1.73. The first kappa shape index (κ1) is 11.2. The van der Waals surface area contributed by atoms with Gasteiger partial charge in [0.2, 0.25) is 0 Å².